The lowest BCUT2D eigenvalue weighted by molar-refractivity contribution is -0.118. The lowest BCUT2D eigenvalue weighted by Crippen LogP contribution is -2.38. The number of aromatic nitrogens is 3. The van der Waals surface area contributed by atoms with Crippen molar-refractivity contribution in [2.24, 2.45) is 0 Å². The molecule has 1 unspecified atom stereocenters. The Morgan fingerprint density at radius 2 is 2.33 bits per heavy atom. The first-order valence-corrected chi connectivity index (χ1v) is 9.07. The van der Waals surface area contributed by atoms with E-state index >= 15 is 0 Å². The zero-order valence-corrected chi connectivity index (χ0v) is 15.2. The van der Waals surface area contributed by atoms with Crippen molar-refractivity contribution in [3.63, 3.8) is 0 Å². The van der Waals surface area contributed by atoms with E-state index in [4.69, 9.17) is 18.0 Å². The summed E-state index contributed by atoms with van der Waals surface area (Å²) in [7, 11) is 0. The van der Waals surface area contributed by atoms with E-state index in [0.717, 1.165) is 17.9 Å². The number of pyridine rings is 1. The van der Waals surface area contributed by atoms with Gasteiger partial charge in [-0.1, -0.05) is 31.4 Å². The number of terminal acetylenes is 1. The van der Waals surface area contributed by atoms with Crippen LogP contribution < -0.4 is 4.90 Å². The highest BCUT2D eigenvalue weighted by molar-refractivity contribution is 8.00. The van der Waals surface area contributed by atoms with Crippen molar-refractivity contribution in [2.75, 3.05) is 17.2 Å². The molecule has 0 fully saturated rings. The number of carbonyl (C=O) groups excluding carboxylic acids is 1. The van der Waals surface area contributed by atoms with Gasteiger partial charge in [0, 0.05) is 6.20 Å². The number of anilines is 1. The predicted molar refractivity (Wildman–Crippen MR) is 99.8 cm³/mol. The highest BCUT2D eigenvalue weighted by Gasteiger charge is 2.26. The zero-order chi connectivity index (χ0) is 17.5. The second kappa shape index (κ2) is 8.76. The number of hydrogen-bond acceptors (Lipinski definition) is 4. The van der Waals surface area contributed by atoms with Crippen LogP contribution in [0.5, 0.6) is 0 Å². The molecule has 0 spiro atoms. The number of hydrogen-bond donors (Lipinski definition) is 0. The number of amides is 1. The second-order valence-corrected chi connectivity index (χ2v) is 6.78. The molecule has 0 aliphatic heterocycles. The summed E-state index contributed by atoms with van der Waals surface area (Å²) in [4.78, 5) is 18.4. The minimum atomic E-state index is -0.152. The highest BCUT2D eigenvalue weighted by atomic mass is 35.5. The SMILES string of the molecule is C#CCN(C(=O)C(CC)SCC)c1cn(-c2cccnc2)nc1Cl. The molecule has 0 saturated heterocycles. The zero-order valence-electron chi connectivity index (χ0n) is 13.6. The lowest BCUT2D eigenvalue weighted by atomic mass is 10.2. The van der Waals surface area contributed by atoms with Gasteiger partial charge < -0.3 is 0 Å². The molecule has 0 aliphatic rings. The summed E-state index contributed by atoms with van der Waals surface area (Å²) in [6.45, 7) is 4.16. The van der Waals surface area contributed by atoms with E-state index < -0.39 is 0 Å². The molecule has 1 amide bonds. The lowest BCUT2D eigenvalue weighted by Gasteiger charge is -2.23. The standard InChI is InChI=1S/C17H19ClN4OS/c1-4-10-21(17(23)15(5-2)24-6-3)14-12-22(20-16(14)18)13-8-7-9-19-11-13/h1,7-9,11-12,15H,5-6,10H2,2-3H3. The fourth-order valence-corrected chi connectivity index (χ4v) is 3.40. The summed E-state index contributed by atoms with van der Waals surface area (Å²) in [5, 5.41) is 4.35. The minimum Gasteiger partial charge on any atom is -0.295 e. The molecule has 2 rings (SSSR count). The molecule has 0 bridgehead atoms. The number of thioether (sulfide) groups is 1. The molecule has 0 aromatic carbocycles. The van der Waals surface area contributed by atoms with Gasteiger partial charge in [0.15, 0.2) is 5.15 Å². The Morgan fingerprint density at radius 1 is 1.54 bits per heavy atom. The maximum Gasteiger partial charge on any atom is 0.241 e. The molecule has 2 heterocycles. The van der Waals surface area contributed by atoms with Crippen LogP contribution in [-0.4, -0.2) is 38.2 Å². The monoisotopic (exact) mass is 362 g/mol. The van der Waals surface area contributed by atoms with Crippen molar-refractivity contribution in [3.05, 3.63) is 35.9 Å². The van der Waals surface area contributed by atoms with Crippen LogP contribution >= 0.6 is 23.4 Å². The van der Waals surface area contributed by atoms with Gasteiger partial charge in [0.05, 0.1) is 29.9 Å². The topological polar surface area (TPSA) is 51.0 Å². The van der Waals surface area contributed by atoms with Crippen LogP contribution in [0.1, 0.15) is 20.3 Å². The van der Waals surface area contributed by atoms with E-state index in [1.54, 1.807) is 41.1 Å². The largest absolute Gasteiger partial charge is 0.295 e. The Balaban J connectivity index is 2.36. The van der Waals surface area contributed by atoms with Crippen molar-refractivity contribution in [1.29, 1.82) is 0 Å². The molecule has 126 valence electrons. The van der Waals surface area contributed by atoms with Crippen LogP contribution in [0.25, 0.3) is 5.69 Å². The van der Waals surface area contributed by atoms with Crippen LogP contribution in [-0.2, 0) is 4.79 Å². The van der Waals surface area contributed by atoms with Crippen molar-refractivity contribution in [1.82, 2.24) is 14.8 Å². The van der Waals surface area contributed by atoms with E-state index in [1.165, 1.54) is 4.90 Å². The quantitative estimate of drug-likeness (QED) is 0.708. The van der Waals surface area contributed by atoms with Crippen molar-refractivity contribution >= 4 is 35.0 Å². The number of carbonyl (C=O) groups is 1. The van der Waals surface area contributed by atoms with Gasteiger partial charge in [0.25, 0.3) is 0 Å². The summed E-state index contributed by atoms with van der Waals surface area (Å²) >= 11 is 7.88. The summed E-state index contributed by atoms with van der Waals surface area (Å²) in [5.41, 5.74) is 1.27. The predicted octanol–water partition coefficient (Wildman–Crippen LogP) is 3.42. The molecule has 0 aliphatic carbocycles. The van der Waals surface area contributed by atoms with Gasteiger partial charge in [0.1, 0.15) is 5.69 Å². The first kappa shape index (κ1) is 18.4. The van der Waals surface area contributed by atoms with Crippen LogP contribution in [0.2, 0.25) is 5.15 Å². The molecule has 5 nitrogen and oxygen atoms in total. The van der Waals surface area contributed by atoms with Gasteiger partial charge in [-0.25, -0.2) is 4.68 Å². The average Bonchev–Trinajstić information content (AvgIpc) is 2.99. The Bertz CT molecular complexity index is 726. The first-order valence-electron chi connectivity index (χ1n) is 7.64. The van der Waals surface area contributed by atoms with E-state index in [2.05, 4.69) is 16.0 Å². The Hall–Kier alpha value is -1.97. The fraction of sp³-hybridized carbons (Fsp3) is 0.353. The molecule has 1 atom stereocenters. The number of rotatable bonds is 7. The molecule has 2 aromatic heterocycles. The summed E-state index contributed by atoms with van der Waals surface area (Å²) < 4.78 is 1.59. The summed E-state index contributed by atoms with van der Waals surface area (Å²) in [5.74, 6) is 3.34. The summed E-state index contributed by atoms with van der Waals surface area (Å²) in [6.07, 6.45) is 11.2. The number of nitrogens with zero attached hydrogens (tertiary/aromatic N) is 4. The third-order valence-electron chi connectivity index (χ3n) is 3.38. The van der Waals surface area contributed by atoms with Crippen LogP contribution in [0.15, 0.2) is 30.7 Å². The molecule has 0 radical (unpaired) electrons. The molecular weight excluding hydrogens is 344 g/mol. The van der Waals surface area contributed by atoms with Gasteiger partial charge in [0.2, 0.25) is 5.91 Å². The average molecular weight is 363 g/mol. The van der Waals surface area contributed by atoms with E-state index in [0.29, 0.717) is 5.69 Å². The van der Waals surface area contributed by atoms with Crippen LogP contribution in [0.3, 0.4) is 0 Å². The minimum absolute atomic E-state index is 0.0464. The highest BCUT2D eigenvalue weighted by Crippen LogP contribution is 2.28. The third kappa shape index (κ3) is 4.11. The molecule has 0 N–H and O–H groups in total. The van der Waals surface area contributed by atoms with Crippen molar-refractivity contribution < 1.29 is 4.79 Å². The maximum absolute atomic E-state index is 12.9. The van der Waals surface area contributed by atoms with Gasteiger partial charge >= 0.3 is 0 Å². The van der Waals surface area contributed by atoms with Gasteiger partial charge in [-0.05, 0) is 24.3 Å². The van der Waals surface area contributed by atoms with Gasteiger partial charge in [-0.2, -0.15) is 5.10 Å². The molecule has 2 aromatic rings. The van der Waals surface area contributed by atoms with Crippen LogP contribution in [0.4, 0.5) is 5.69 Å². The molecular formula is C17H19ClN4OS. The normalized spacial score (nSPS) is 11.8. The third-order valence-corrected chi connectivity index (χ3v) is 4.92. The Kier molecular flexibility index (Phi) is 6.71. The van der Waals surface area contributed by atoms with Crippen molar-refractivity contribution in [2.45, 2.75) is 25.5 Å². The van der Waals surface area contributed by atoms with E-state index in [-0.39, 0.29) is 22.9 Å². The molecule has 0 saturated carbocycles. The first-order chi connectivity index (χ1) is 11.6. The fourth-order valence-electron chi connectivity index (χ4n) is 2.26. The second-order valence-electron chi connectivity index (χ2n) is 4.94. The number of halogens is 1. The molecule has 24 heavy (non-hydrogen) atoms. The Morgan fingerprint density at radius 3 is 2.92 bits per heavy atom. The van der Waals surface area contributed by atoms with Gasteiger partial charge in [-0.3, -0.25) is 14.7 Å². The smallest absolute Gasteiger partial charge is 0.241 e. The van der Waals surface area contributed by atoms with Crippen molar-refractivity contribution in [3.8, 4) is 18.0 Å². The summed E-state index contributed by atoms with van der Waals surface area (Å²) in [6, 6.07) is 3.66. The van der Waals surface area contributed by atoms with Crippen LogP contribution in [0, 0.1) is 12.3 Å². The molecule has 7 heteroatoms. The maximum atomic E-state index is 12.9. The van der Waals surface area contributed by atoms with Gasteiger partial charge in [-0.15, -0.1) is 18.2 Å². The van der Waals surface area contributed by atoms with E-state index in [9.17, 15) is 4.79 Å². The van der Waals surface area contributed by atoms with E-state index in [1.807, 2.05) is 19.9 Å². The Labute approximate surface area is 151 Å².